The first-order valence-corrected chi connectivity index (χ1v) is 8.58. The van der Waals surface area contributed by atoms with E-state index in [-0.39, 0.29) is 6.03 Å². The van der Waals surface area contributed by atoms with Gasteiger partial charge >= 0.3 is 6.03 Å². The molecule has 3 rings (SSSR count). The molecule has 0 saturated carbocycles. The monoisotopic (exact) mass is 344 g/mol. The third-order valence-corrected chi connectivity index (χ3v) is 4.44. The number of piperidine rings is 1. The average molecular weight is 345 g/mol. The molecule has 1 fully saturated rings. The number of urea groups is 1. The molecular weight excluding hydrogens is 324 g/mol. The summed E-state index contributed by atoms with van der Waals surface area (Å²) in [6, 6.07) is 17.0. The lowest BCUT2D eigenvalue weighted by Gasteiger charge is -2.31. The molecule has 2 amide bonds. The number of amides is 2. The lowest BCUT2D eigenvalue weighted by atomic mass is 9.98. The summed E-state index contributed by atoms with van der Waals surface area (Å²) in [5, 5.41) is 3.51. The van der Waals surface area contributed by atoms with Crippen molar-refractivity contribution in [2.75, 3.05) is 25.0 Å². The number of nitrogens with zero attached hydrogens (tertiary/aromatic N) is 1. The van der Waals surface area contributed by atoms with Crippen LogP contribution in [0.3, 0.4) is 0 Å². The number of benzene rings is 2. The van der Waals surface area contributed by atoms with Gasteiger partial charge in [0, 0.05) is 23.8 Å². The SMILES string of the molecule is O=C(Nc1cccc(Cl)c1)N1CCC(COc2ccccc2)CC1. The molecule has 0 bridgehead atoms. The van der Waals surface area contributed by atoms with Crippen LogP contribution < -0.4 is 10.1 Å². The number of halogens is 1. The van der Waals surface area contributed by atoms with Gasteiger partial charge in [0.15, 0.2) is 0 Å². The predicted molar refractivity (Wildman–Crippen MR) is 96.7 cm³/mol. The van der Waals surface area contributed by atoms with E-state index in [0.717, 1.165) is 37.4 Å². The largest absolute Gasteiger partial charge is 0.493 e. The number of carbonyl (C=O) groups excluding carboxylic acids is 1. The zero-order valence-electron chi connectivity index (χ0n) is 13.5. The topological polar surface area (TPSA) is 41.6 Å². The summed E-state index contributed by atoms with van der Waals surface area (Å²) in [5.74, 6) is 1.39. The Morgan fingerprint density at radius 3 is 2.58 bits per heavy atom. The molecule has 1 saturated heterocycles. The van der Waals surface area contributed by atoms with Gasteiger partial charge in [-0.2, -0.15) is 0 Å². The van der Waals surface area contributed by atoms with Crippen molar-refractivity contribution >= 4 is 23.3 Å². The van der Waals surface area contributed by atoms with E-state index in [1.165, 1.54) is 0 Å². The van der Waals surface area contributed by atoms with Crippen molar-refractivity contribution in [1.82, 2.24) is 4.90 Å². The van der Waals surface area contributed by atoms with E-state index in [0.29, 0.717) is 17.5 Å². The van der Waals surface area contributed by atoms with Crippen LogP contribution in [-0.2, 0) is 0 Å². The lowest BCUT2D eigenvalue weighted by Crippen LogP contribution is -2.42. The van der Waals surface area contributed by atoms with Crippen LogP contribution in [-0.4, -0.2) is 30.6 Å². The van der Waals surface area contributed by atoms with Crippen molar-refractivity contribution in [3.8, 4) is 5.75 Å². The van der Waals surface area contributed by atoms with Crippen molar-refractivity contribution in [2.45, 2.75) is 12.8 Å². The Hall–Kier alpha value is -2.20. The Morgan fingerprint density at radius 2 is 1.88 bits per heavy atom. The van der Waals surface area contributed by atoms with Gasteiger partial charge in [0.1, 0.15) is 5.75 Å². The first kappa shape index (κ1) is 16.7. The Kier molecular flexibility index (Phi) is 5.59. The molecule has 0 aromatic heterocycles. The molecular formula is C19H21ClN2O2. The van der Waals surface area contributed by atoms with Gasteiger partial charge in [0.2, 0.25) is 0 Å². The molecule has 126 valence electrons. The second kappa shape index (κ2) is 8.06. The highest BCUT2D eigenvalue weighted by Gasteiger charge is 2.23. The van der Waals surface area contributed by atoms with E-state index in [1.807, 2.05) is 47.4 Å². The highest BCUT2D eigenvalue weighted by Crippen LogP contribution is 2.21. The molecule has 0 radical (unpaired) electrons. The Balaban J connectivity index is 1.43. The van der Waals surface area contributed by atoms with Crippen molar-refractivity contribution < 1.29 is 9.53 Å². The minimum Gasteiger partial charge on any atom is -0.493 e. The maximum absolute atomic E-state index is 12.3. The lowest BCUT2D eigenvalue weighted by molar-refractivity contribution is 0.152. The number of hydrogen-bond donors (Lipinski definition) is 1. The molecule has 2 aromatic rings. The number of carbonyl (C=O) groups is 1. The Bertz CT molecular complexity index is 670. The van der Waals surface area contributed by atoms with Crippen molar-refractivity contribution in [1.29, 1.82) is 0 Å². The van der Waals surface area contributed by atoms with E-state index in [9.17, 15) is 4.79 Å². The van der Waals surface area contributed by atoms with Gasteiger partial charge in [0.25, 0.3) is 0 Å². The maximum atomic E-state index is 12.3. The fourth-order valence-electron chi connectivity index (χ4n) is 2.80. The van der Waals surface area contributed by atoms with Gasteiger partial charge in [-0.05, 0) is 49.1 Å². The minimum atomic E-state index is -0.0697. The van der Waals surface area contributed by atoms with E-state index in [2.05, 4.69) is 5.32 Å². The predicted octanol–water partition coefficient (Wildman–Crippen LogP) is 4.66. The molecule has 0 atom stereocenters. The van der Waals surface area contributed by atoms with Gasteiger partial charge in [-0.3, -0.25) is 0 Å². The standard InChI is InChI=1S/C19H21ClN2O2/c20-16-5-4-6-17(13-16)21-19(23)22-11-9-15(10-12-22)14-24-18-7-2-1-3-8-18/h1-8,13,15H,9-12,14H2,(H,21,23). The molecule has 4 nitrogen and oxygen atoms in total. The number of likely N-dealkylation sites (tertiary alicyclic amines) is 1. The zero-order chi connectivity index (χ0) is 16.8. The van der Waals surface area contributed by atoms with Crippen LogP contribution in [0, 0.1) is 5.92 Å². The number of nitrogens with one attached hydrogen (secondary N) is 1. The average Bonchev–Trinajstić information content (AvgIpc) is 2.61. The van der Waals surface area contributed by atoms with Crippen LogP contribution in [0.4, 0.5) is 10.5 Å². The smallest absolute Gasteiger partial charge is 0.321 e. The van der Waals surface area contributed by atoms with E-state index in [1.54, 1.807) is 12.1 Å². The van der Waals surface area contributed by atoms with Gasteiger partial charge in [-0.25, -0.2) is 4.79 Å². The Labute approximate surface area is 147 Å². The van der Waals surface area contributed by atoms with Crippen LogP contribution in [0.15, 0.2) is 54.6 Å². The molecule has 0 unspecified atom stereocenters. The molecule has 0 spiro atoms. The third kappa shape index (κ3) is 4.65. The number of ether oxygens (including phenoxy) is 1. The first-order chi connectivity index (χ1) is 11.7. The van der Waals surface area contributed by atoms with Crippen molar-refractivity contribution in [2.24, 2.45) is 5.92 Å². The van der Waals surface area contributed by atoms with Gasteiger partial charge < -0.3 is 15.0 Å². The molecule has 1 aliphatic rings. The normalized spacial score (nSPS) is 15.1. The van der Waals surface area contributed by atoms with Gasteiger partial charge in [-0.15, -0.1) is 0 Å². The molecule has 2 aromatic carbocycles. The van der Waals surface area contributed by atoms with Gasteiger partial charge in [0.05, 0.1) is 6.61 Å². The number of para-hydroxylation sites is 1. The Morgan fingerprint density at radius 1 is 1.12 bits per heavy atom. The quantitative estimate of drug-likeness (QED) is 0.876. The number of hydrogen-bond acceptors (Lipinski definition) is 2. The molecule has 1 heterocycles. The minimum absolute atomic E-state index is 0.0697. The molecule has 0 aliphatic carbocycles. The highest BCUT2D eigenvalue weighted by atomic mass is 35.5. The summed E-state index contributed by atoms with van der Waals surface area (Å²) in [6.45, 7) is 2.19. The highest BCUT2D eigenvalue weighted by molar-refractivity contribution is 6.30. The molecule has 1 N–H and O–H groups in total. The maximum Gasteiger partial charge on any atom is 0.321 e. The first-order valence-electron chi connectivity index (χ1n) is 8.20. The van der Waals surface area contributed by atoms with Crippen LogP contribution in [0.5, 0.6) is 5.75 Å². The van der Waals surface area contributed by atoms with Crippen molar-refractivity contribution in [3.05, 3.63) is 59.6 Å². The van der Waals surface area contributed by atoms with Crippen LogP contribution in [0.25, 0.3) is 0 Å². The van der Waals surface area contributed by atoms with E-state index >= 15 is 0 Å². The fourth-order valence-corrected chi connectivity index (χ4v) is 2.99. The summed E-state index contributed by atoms with van der Waals surface area (Å²) < 4.78 is 5.82. The second-order valence-electron chi connectivity index (χ2n) is 5.99. The summed E-state index contributed by atoms with van der Waals surface area (Å²) in [6.07, 6.45) is 1.91. The van der Waals surface area contributed by atoms with E-state index in [4.69, 9.17) is 16.3 Å². The van der Waals surface area contributed by atoms with Crippen LogP contribution in [0.1, 0.15) is 12.8 Å². The molecule has 1 aliphatic heterocycles. The molecule has 24 heavy (non-hydrogen) atoms. The van der Waals surface area contributed by atoms with Crippen molar-refractivity contribution in [3.63, 3.8) is 0 Å². The second-order valence-corrected chi connectivity index (χ2v) is 6.43. The summed E-state index contributed by atoms with van der Waals surface area (Å²) >= 11 is 5.94. The van der Waals surface area contributed by atoms with E-state index < -0.39 is 0 Å². The summed E-state index contributed by atoms with van der Waals surface area (Å²) in [4.78, 5) is 14.2. The van der Waals surface area contributed by atoms with Gasteiger partial charge in [-0.1, -0.05) is 35.9 Å². The van der Waals surface area contributed by atoms with Crippen LogP contribution in [0.2, 0.25) is 5.02 Å². The summed E-state index contributed by atoms with van der Waals surface area (Å²) in [7, 11) is 0. The fraction of sp³-hybridized carbons (Fsp3) is 0.316. The zero-order valence-corrected chi connectivity index (χ0v) is 14.2. The third-order valence-electron chi connectivity index (χ3n) is 4.21. The number of rotatable bonds is 4. The van der Waals surface area contributed by atoms with Crippen LogP contribution >= 0.6 is 11.6 Å². The summed E-state index contributed by atoms with van der Waals surface area (Å²) in [5.41, 5.74) is 0.724. The molecule has 5 heteroatoms. The number of anilines is 1.